The Labute approximate surface area is 376 Å². The van der Waals surface area contributed by atoms with E-state index < -0.39 is 0 Å². The maximum atomic E-state index is 10.9. The van der Waals surface area contributed by atoms with E-state index in [2.05, 4.69) is 114 Å². The molecule has 1 atom stereocenters. The Balaban J connectivity index is 1.16. The maximum Gasteiger partial charge on any atom is 0.164 e. The number of benzene rings is 6. The van der Waals surface area contributed by atoms with Crippen LogP contribution >= 0.6 is 0 Å². The standard InChI is InChI=1S/C57H51N7/c1-56(2,3)48-31-19-17-29-46(48)54-61-50(37-21-9-7-10-22-37)59-52(63-54)44-27-15-13-25-41(44)39-33-34-42(40(35-39)36-58)43-26-14-16-28-45(43)53-60-51(38-23-11-8-12-24-38)62-55(64-53)47-30-18-20-32-49(47)57(4,5)6/h7-18,20-30,32-35,50H,19,31H2,1-6H3,(H,59,61,63). The van der Waals surface area contributed by atoms with Crippen LogP contribution < -0.4 is 5.32 Å². The molecule has 0 fully saturated rings. The summed E-state index contributed by atoms with van der Waals surface area (Å²) in [5, 5.41) is 14.6. The molecule has 9 rings (SSSR count). The molecule has 0 radical (unpaired) electrons. The molecule has 1 N–H and O–H groups in total. The van der Waals surface area contributed by atoms with Gasteiger partial charge in [-0.05, 0) is 57.6 Å². The van der Waals surface area contributed by atoms with Crippen molar-refractivity contribution in [3.8, 4) is 62.5 Å². The first kappa shape index (κ1) is 41.8. The highest BCUT2D eigenvalue weighted by Gasteiger charge is 2.29. The zero-order valence-corrected chi connectivity index (χ0v) is 37.3. The Morgan fingerprint density at radius 2 is 1.16 bits per heavy atom. The lowest BCUT2D eigenvalue weighted by Crippen LogP contribution is -2.35. The van der Waals surface area contributed by atoms with Crippen LogP contribution in [0, 0.1) is 16.7 Å². The van der Waals surface area contributed by atoms with E-state index in [-0.39, 0.29) is 17.0 Å². The van der Waals surface area contributed by atoms with Gasteiger partial charge in [0.1, 0.15) is 12.0 Å². The van der Waals surface area contributed by atoms with Gasteiger partial charge in [-0.25, -0.2) is 24.9 Å². The van der Waals surface area contributed by atoms with E-state index in [1.807, 2.05) is 103 Å². The lowest BCUT2D eigenvalue weighted by atomic mass is 9.78. The molecule has 7 nitrogen and oxygen atoms in total. The van der Waals surface area contributed by atoms with Gasteiger partial charge in [0, 0.05) is 33.4 Å². The number of amidine groups is 2. The van der Waals surface area contributed by atoms with Crippen LogP contribution in [0.1, 0.15) is 82.8 Å². The summed E-state index contributed by atoms with van der Waals surface area (Å²) in [6, 6.07) is 53.6. The van der Waals surface area contributed by atoms with Gasteiger partial charge in [-0.1, -0.05) is 205 Å². The average Bonchev–Trinajstić information content (AvgIpc) is 3.33. The molecule has 0 amide bonds. The van der Waals surface area contributed by atoms with E-state index in [4.69, 9.17) is 24.9 Å². The van der Waals surface area contributed by atoms with Gasteiger partial charge in [-0.3, -0.25) is 0 Å². The Bertz CT molecular complexity index is 3050. The number of nitrogens with one attached hydrogen (secondary N) is 1. The molecule has 7 aromatic rings. The van der Waals surface area contributed by atoms with Crippen molar-refractivity contribution in [2.24, 2.45) is 15.4 Å². The summed E-state index contributed by atoms with van der Waals surface area (Å²) >= 11 is 0. The first-order valence-electron chi connectivity index (χ1n) is 22.0. The topological polar surface area (TPSA) is 99.2 Å². The first-order valence-corrected chi connectivity index (χ1v) is 22.0. The summed E-state index contributed by atoms with van der Waals surface area (Å²) in [7, 11) is 0. The number of aromatic nitrogens is 3. The molecule has 1 aromatic heterocycles. The highest BCUT2D eigenvalue weighted by molar-refractivity contribution is 6.16. The fraction of sp³-hybridized carbons (Fsp3) is 0.193. The molecule has 7 heteroatoms. The highest BCUT2D eigenvalue weighted by Crippen LogP contribution is 2.40. The summed E-state index contributed by atoms with van der Waals surface area (Å²) in [5.41, 5.74) is 12.1. The molecule has 314 valence electrons. The van der Waals surface area contributed by atoms with Gasteiger partial charge in [0.15, 0.2) is 23.3 Å². The molecule has 0 bridgehead atoms. The number of hydrogen-bond donors (Lipinski definition) is 1. The van der Waals surface area contributed by atoms with Crippen molar-refractivity contribution in [2.75, 3.05) is 0 Å². The van der Waals surface area contributed by atoms with E-state index in [0.717, 1.165) is 79.9 Å². The zero-order chi connectivity index (χ0) is 44.4. The molecule has 1 aliphatic carbocycles. The third-order valence-corrected chi connectivity index (χ3v) is 11.9. The number of nitrogens with zero attached hydrogens (tertiary/aromatic N) is 6. The summed E-state index contributed by atoms with van der Waals surface area (Å²) in [4.78, 5) is 25.9. The molecule has 2 heterocycles. The lowest BCUT2D eigenvalue weighted by molar-refractivity contribution is 0.478. The Morgan fingerprint density at radius 1 is 0.562 bits per heavy atom. The third-order valence-electron chi connectivity index (χ3n) is 11.9. The first-order chi connectivity index (χ1) is 31.0. The van der Waals surface area contributed by atoms with Crippen molar-refractivity contribution in [2.45, 2.75) is 66.0 Å². The SMILES string of the molecule is CC(C)(C)C1=C(C2=NC(c3ccccc3-c3ccc(-c4ccccc4-c4nc(-c5ccccc5)nc(-c5ccccc5C(C)(C)C)n4)c(C#N)c3)=NC(c3ccccc3)N2)C=CCC1. The van der Waals surface area contributed by atoms with Crippen LogP contribution in [0.2, 0.25) is 0 Å². The van der Waals surface area contributed by atoms with Gasteiger partial charge >= 0.3 is 0 Å². The lowest BCUT2D eigenvalue weighted by Gasteiger charge is -2.31. The van der Waals surface area contributed by atoms with E-state index in [1.54, 1.807) is 0 Å². The normalized spacial score (nSPS) is 15.2. The number of nitriles is 1. The molecule has 1 aliphatic heterocycles. The maximum absolute atomic E-state index is 10.9. The smallest absolute Gasteiger partial charge is 0.164 e. The fourth-order valence-corrected chi connectivity index (χ4v) is 8.72. The van der Waals surface area contributed by atoms with E-state index in [1.165, 1.54) is 5.57 Å². The predicted octanol–water partition coefficient (Wildman–Crippen LogP) is 13.5. The monoisotopic (exact) mass is 833 g/mol. The van der Waals surface area contributed by atoms with Crippen LogP contribution in [0.25, 0.3) is 56.4 Å². The Hall–Kier alpha value is -7.56. The van der Waals surface area contributed by atoms with Gasteiger partial charge < -0.3 is 5.32 Å². The van der Waals surface area contributed by atoms with Crippen LogP contribution in [0.5, 0.6) is 0 Å². The van der Waals surface area contributed by atoms with Crippen LogP contribution in [-0.2, 0) is 5.41 Å². The van der Waals surface area contributed by atoms with E-state index in [9.17, 15) is 5.26 Å². The van der Waals surface area contributed by atoms with Crippen molar-refractivity contribution in [3.63, 3.8) is 0 Å². The number of aliphatic imine (C=N–C) groups is 2. The Morgan fingerprint density at radius 3 is 1.84 bits per heavy atom. The Kier molecular flexibility index (Phi) is 11.3. The number of allylic oxidation sites excluding steroid dienone is 2. The molecule has 6 aromatic carbocycles. The van der Waals surface area contributed by atoms with Crippen LogP contribution in [-0.4, -0.2) is 26.6 Å². The summed E-state index contributed by atoms with van der Waals surface area (Å²) < 4.78 is 0. The van der Waals surface area contributed by atoms with Crippen molar-refractivity contribution in [1.82, 2.24) is 20.3 Å². The van der Waals surface area contributed by atoms with Crippen LogP contribution in [0.4, 0.5) is 0 Å². The molecule has 0 saturated carbocycles. The van der Waals surface area contributed by atoms with Gasteiger partial charge in [0.25, 0.3) is 0 Å². The zero-order valence-electron chi connectivity index (χ0n) is 37.3. The minimum Gasteiger partial charge on any atom is -0.344 e. The van der Waals surface area contributed by atoms with Gasteiger partial charge in [-0.15, -0.1) is 0 Å². The molecule has 1 unspecified atom stereocenters. The molecular formula is C57H51N7. The van der Waals surface area contributed by atoms with Gasteiger partial charge in [-0.2, -0.15) is 5.26 Å². The summed E-state index contributed by atoms with van der Waals surface area (Å²) in [6.45, 7) is 13.4. The minimum absolute atomic E-state index is 0.0268. The number of hydrogen-bond acceptors (Lipinski definition) is 7. The minimum atomic E-state index is -0.338. The molecule has 0 saturated heterocycles. The van der Waals surface area contributed by atoms with Crippen molar-refractivity contribution in [1.29, 1.82) is 5.26 Å². The average molecular weight is 834 g/mol. The molecular weight excluding hydrogens is 783 g/mol. The second-order valence-corrected chi connectivity index (χ2v) is 18.4. The molecule has 64 heavy (non-hydrogen) atoms. The van der Waals surface area contributed by atoms with Crippen LogP contribution in [0.3, 0.4) is 0 Å². The van der Waals surface area contributed by atoms with E-state index in [0.29, 0.717) is 28.9 Å². The summed E-state index contributed by atoms with van der Waals surface area (Å²) in [5.74, 6) is 3.17. The molecule has 2 aliphatic rings. The van der Waals surface area contributed by atoms with E-state index >= 15 is 0 Å². The highest BCUT2D eigenvalue weighted by atomic mass is 15.2. The quantitative estimate of drug-likeness (QED) is 0.164. The van der Waals surface area contributed by atoms with Crippen LogP contribution in [0.15, 0.2) is 185 Å². The van der Waals surface area contributed by atoms with Crippen molar-refractivity contribution >= 4 is 11.7 Å². The second-order valence-electron chi connectivity index (χ2n) is 18.4. The van der Waals surface area contributed by atoms with Crippen molar-refractivity contribution < 1.29 is 0 Å². The third kappa shape index (κ3) is 8.48. The second kappa shape index (κ2) is 17.3. The van der Waals surface area contributed by atoms with Crippen molar-refractivity contribution in [3.05, 3.63) is 197 Å². The fourth-order valence-electron chi connectivity index (χ4n) is 8.72. The van der Waals surface area contributed by atoms with Gasteiger partial charge in [0.05, 0.1) is 11.6 Å². The largest absolute Gasteiger partial charge is 0.344 e. The number of rotatable bonds is 8. The van der Waals surface area contributed by atoms with Gasteiger partial charge in [0.2, 0.25) is 0 Å². The summed E-state index contributed by atoms with van der Waals surface area (Å²) in [6.07, 6.45) is 6.11. The molecule has 0 spiro atoms. The predicted molar refractivity (Wildman–Crippen MR) is 262 cm³/mol.